The number of hydrogen-bond donors (Lipinski definition) is 1. The number of nitrogens with one attached hydrogen (secondary N) is 1. The fourth-order valence-electron chi connectivity index (χ4n) is 2.14. The molecule has 0 aliphatic heterocycles. The van der Waals surface area contributed by atoms with Crippen LogP contribution in [0.15, 0.2) is 36.4 Å². The largest absolute Gasteiger partial charge is 0.493 e. The molecule has 0 heterocycles. The lowest BCUT2D eigenvalue weighted by Gasteiger charge is -2.12. The number of ether oxygens (including phenoxy) is 2. The molecule has 1 N–H and O–H groups in total. The topological polar surface area (TPSA) is 90.7 Å². The van der Waals surface area contributed by atoms with Crippen molar-refractivity contribution in [2.75, 3.05) is 7.11 Å². The molecule has 1 amide bonds. The zero-order valence-corrected chi connectivity index (χ0v) is 14.1. The number of nitrogens with zero attached hydrogens (tertiary/aromatic N) is 1. The third-order valence-electron chi connectivity index (χ3n) is 3.30. The molecule has 0 radical (unpaired) electrons. The Bertz CT molecular complexity index is 832. The molecule has 2 aromatic rings. The Labute approximate surface area is 151 Å². The summed E-state index contributed by atoms with van der Waals surface area (Å²) in [7, 11) is 1.30. The van der Waals surface area contributed by atoms with E-state index in [9.17, 15) is 23.7 Å². The second kappa shape index (κ2) is 8.43. The van der Waals surface area contributed by atoms with Crippen LogP contribution in [0.25, 0.3) is 0 Å². The van der Waals surface area contributed by atoms with Crippen LogP contribution in [0.4, 0.5) is 14.5 Å². The smallest absolute Gasteiger partial charge is 0.387 e. The molecule has 0 atom stereocenters. The summed E-state index contributed by atoms with van der Waals surface area (Å²) in [5.74, 6) is -0.791. The minimum absolute atomic E-state index is 0.0673. The molecule has 0 aliphatic rings. The van der Waals surface area contributed by atoms with Crippen LogP contribution in [-0.4, -0.2) is 24.6 Å². The molecule has 2 rings (SSSR count). The van der Waals surface area contributed by atoms with Gasteiger partial charge in [-0.15, -0.1) is 0 Å². The molecule has 10 heteroatoms. The van der Waals surface area contributed by atoms with Crippen LogP contribution in [0.3, 0.4) is 0 Å². The van der Waals surface area contributed by atoms with Gasteiger partial charge in [-0.2, -0.15) is 8.78 Å². The Kier molecular flexibility index (Phi) is 6.29. The number of carbonyl (C=O) groups excluding carboxylic acids is 1. The first kappa shape index (κ1) is 19.4. The average Bonchev–Trinajstić information content (AvgIpc) is 2.59. The summed E-state index contributed by atoms with van der Waals surface area (Å²) in [6.07, 6.45) is 0. The zero-order chi connectivity index (χ0) is 19.3. The highest BCUT2D eigenvalue weighted by Crippen LogP contribution is 2.29. The van der Waals surface area contributed by atoms with E-state index in [-0.39, 0.29) is 28.6 Å². The quantitative estimate of drug-likeness (QED) is 0.577. The van der Waals surface area contributed by atoms with E-state index in [0.29, 0.717) is 5.56 Å². The molecule has 0 unspecified atom stereocenters. The highest BCUT2D eigenvalue weighted by atomic mass is 35.5. The van der Waals surface area contributed by atoms with Crippen molar-refractivity contribution in [1.82, 2.24) is 5.32 Å². The van der Waals surface area contributed by atoms with E-state index in [1.807, 2.05) is 0 Å². The van der Waals surface area contributed by atoms with E-state index in [1.54, 1.807) is 0 Å². The molecule has 0 fully saturated rings. The Balaban J connectivity index is 2.16. The number of methoxy groups -OCH3 is 1. The lowest BCUT2D eigenvalue weighted by Crippen LogP contribution is -2.23. The van der Waals surface area contributed by atoms with Crippen LogP contribution >= 0.6 is 11.6 Å². The van der Waals surface area contributed by atoms with Gasteiger partial charge >= 0.3 is 6.61 Å². The molecule has 0 spiro atoms. The monoisotopic (exact) mass is 386 g/mol. The molecule has 26 heavy (non-hydrogen) atoms. The summed E-state index contributed by atoms with van der Waals surface area (Å²) in [5.41, 5.74) is -0.171. The van der Waals surface area contributed by atoms with Crippen molar-refractivity contribution in [3.8, 4) is 11.5 Å². The molecule has 0 aromatic heterocycles. The summed E-state index contributed by atoms with van der Waals surface area (Å²) >= 11 is 5.70. The number of halogens is 3. The van der Waals surface area contributed by atoms with Crippen molar-refractivity contribution >= 4 is 23.2 Å². The number of nitro groups is 1. The van der Waals surface area contributed by atoms with Gasteiger partial charge in [0.1, 0.15) is 5.56 Å². The summed E-state index contributed by atoms with van der Waals surface area (Å²) in [6.45, 7) is -3.10. The van der Waals surface area contributed by atoms with Crippen molar-refractivity contribution in [3.63, 3.8) is 0 Å². The van der Waals surface area contributed by atoms with Crippen molar-refractivity contribution < 1.29 is 28.0 Å². The summed E-state index contributed by atoms with van der Waals surface area (Å²) in [5, 5.41) is 13.6. The Hall–Kier alpha value is -2.94. The third kappa shape index (κ3) is 4.79. The van der Waals surface area contributed by atoms with Gasteiger partial charge < -0.3 is 14.8 Å². The second-order valence-corrected chi connectivity index (χ2v) is 5.40. The van der Waals surface area contributed by atoms with Gasteiger partial charge in [-0.1, -0.05) is 17.7 Å². The van der Waals surface area contributed by atoms with Gasteiger partial charge in [-0.25, -0.2) is 0 Å². The number of hydrogen-bond acceptors (Lipinski definition) is 5. The van der Waals surface area contributed by atoms with Gasteiger partial charge in [0.05, 0.1) is 12.0 Å². The molecular formula is C16H13ClF2N2O5. The first-order valence-corrected chi connectivity index (χ1v) is 7.53. The van der Waals surface area contributed by atoms with E-state index in [0.717, 1.165) is 6.07 Å². The number of alkyl halides is 2. The SMILES string of the molecule is COc1ccc(CNC(=O)c2ccc(Cl)cc2[N+](=O)[O-])cc1OC(F)F. The minimum atomic E-state index is -3.04. The lowest BCUT2D eigenvalue weighted by atomic mass is 10.1. The maximum Gasteiger partial charge on any atom is 0.387 e. The van der Waals surface area contributed by atoms with E-state index in [2.05, 4.69) is 10.1 Å². The molecule has 0 saturated carbocycles. The van der Waals surface area contributed by atoms with Crippen LogP contribution < -0.4 is 14.8 Å². The van der Waals surface area contributed by atoms with E-state index >= 15 is 0 Å². The molecule has 0 bridgehead atoms. The molecule has 2 aromatic carbocycles. The molecular weight excluding hydrogens is 374 g/mol. The molecule has 7 nitrogen and oxygen atoms in total. The van der Waals surface area contributed by atoms with Crippen molar-refractivity contribution in [3.05, 3.63) is 62.7 Å². The summed E-state index contributed by atoms with van der Waals surface area (Å²) in [4.78, 5) is 22.5. The number of carbonyl (C=O) groups is 1. The predicted octanol–water partition coefficient (Wildman–Crippen LogP) is 3.79. The average molecular weight is 387 g/mol. The lowest BCUT2D eigenvalue weighted by molar-refractivity contribution is -0.385. The van der Waals surface area contributed by atoms with Crippen molar-refractivity contribution in [2.45, 2.75) is 13.2 Å². The van der Waals surface area contributed by atoms with Gasteiger partial charge in [0.15, 0.2) is 11.5 Å². The summed E-state index contributed by atoms with van der Waals surface area (Å²) in [6, 6.07) is 7.87. The van der Waals surface area contributed by atoms with Crippen molar-refractivity contribution in [2.24, 2.45) is 0 Å². The van der Waals surface area contributed by atoms with Gasteiger partial charge in [-0.3, -0.25) is 14.9 Å². The fraction of sp³-hybridized carbons (Fsp3) is 0.188. The predicted molar refractivity (Wildman–Crippen MR) is 88.9 cm³/mol. The van der Waals surface area contributed by atoms with Crippen LogP contribution in [0.2, 0.25) is 5.02 Å². The maximum absolute atomic E-state index is 12.4. The highest BCUT2D eigenvalue weighted by molar-refractivity contribution is 6.31. The Morgan fingerprint density at radius 2 is 2.00 bits per heavy atom. The molecule has 0 aliphatic carbocycles. The second-order valence-electron chi connectivity index (χ2n) is 4.96. The Morgan fingerprint density at radius 3 is 2.62 bits per heavy atom. The third-order valence-corrected chi connectivity index (χ3v) is 3.53. The van der Waals surface area contributed by atoms with Gasteiger partial charge in [0.2, 0.25) is 0 Å². The first-order chi connectivity index (χ1) is 12.3. The van der Waals surface area contributed by atoms with Crippen LogP contribution in [0.1, 0.15) is 15.9 Å². The van der Waals surface area contributed by atoms with Crippen LogP contribution in [-0.2, 0) is 6.54 Å². The number of amides is 1. The molecule has 138 valence electrons. The van der Waals surface area contributed by atoms with Gasteiger partial charge in [0.25, 0.3) is 11.6 Å². The van der Waals surface area contributed by atoms with Crippen LogP contribution in [0.5, 0.6) is 11.5 Å². The minimum Gasteiger partial charge on any atom is -0.493 e. The van der Waals surface area contributed by atoms with E-state index in [1.165, 1.54) is 37.4 Å². The zero-order valence-electron chi connectivity index (χ0n) is 13.4. The van der Waals surface area contributed by atoms with E-state index in [4.69, 9.17) is 16.3 Å². The number of benzene rings is 2. The maximum atomic E-state index is 12.4. The number of nitro benzene ring substituents is 1. The fourth-order valence-corrected chi connectivity index (χ4v) is 2.31. The normalized spacial score (nSPS) is 10.5. The summed E-state index contributed by atoms with van der Waals surface area (Å²) < 4.78 is 34.1. The van der Waals surface area contributed by atoms with Crippen molar-refractivity contribution in [1.29, 1.82) is 0 Å². The van der Waals surface area contributed by atoms with Gasteiger partial charge in [-0.05, 0) is 29.8 Å². The van der Waals surface area contributed by atoms with Gasteiger partial charge in [0, 0.05) is 17.6 Å². The highest BCUT2D eigenvalue weighted by Gasteiger charge is 2.20. The molecule has 0 saturated heterocycles. The van der Waals surface area contributed by atoms with Crippen LogP contribution in [0, 0.1) is 10.1 Å². The van der Waals surface area contributed by atoms with E-state index < -0.39 is 23.1 Å². The standard InChI is InChI=1S/C16H13ClF2N2O5/c1-25-13-5-2-9(6-14(13)26-16(18)19)8-20-15(22)11-4-3-10(17)7-12(11)21(23)24/h2-7,16H,8H2,1H3,(H,20,22). The number of rotatable bonds is 7. The first-order valence-electron chi connectivity index (χ1n) is 7.15. The Morgan fingerprint density at radius 1 is 1.27 bits per heavy atom.